The Kier molecular flexibility index (Phi) is 6.40. The molecular formula is C17H18ClNO7S. The number of carboxylic acids is 1. The molecule has 2 aromatic rings. The van der Waals surface area contributed by atoms with Crippen molar-refractivity contribution in [3.05, 3.63) is 41.4 Å². The van der Waals surface area contributed by atoms with Gasteiger partial charge in [0.1, 0.15) is 23.8 Å². The number of ether oxygens (including phenoxy) is 3. The lowest BCUT2D eigenvalue weighted by atomic mass is 10.2. The second-order valence-corrected chi connectivity index (χ2v) is 7.51. The lowest BCUT2D eigenvalue weighted by Gasteiger charge is -2.25. The molecule has 0 aromatic heterocycles. The number of anilines is 1. The first-order valence-electron chi connectivity index (χ1n) is 7.54. The van der Waals surface area contributed by atoms with Gasteiger partial charge in [-0.1, -0.05) is 11.6 Å². The van der Waals surface area contributed by atoms with Gasteiger partial charge in [-0.05, 0) is 30.3 Å². The number of nitrogens with zero attached hydrogens (tertiary/aromatic N) is 1. The fourth-order valence-electron chi connectivity index (χ4n) is 2.35. The van der Waals surface area contributed by atoms with E-state index in [1.807, 2.05) is 0 Å². The molecule has 0 saturated carbocycles. The Morgan fingerprint density at radius 1 is 1.04 bits per heavy atom. The molecule has 0 aliphatic rings. The maximum absolute atomic E-state index is 13.2. The molecule has 0 aliphatic carbocycles. The first kappa shape index (κ1) is 20.7. The number of benzene rings is 2. The Morgan fingerprint density at radius 3 is 2.19 bits per heavy atom. The number of carboxylic acid groups (broad SMARTS) is 1. The van der Waals surface area contributed by atoms with Crippen LogP contribution in [0.15, 0.2) is 41.3 Å². The zero-order valence-electron chi connectivity index (χ0n) is 14.8. The number of sulfonamides is 1. The van der Waals surface area contributed by atoms with E-state index in [1.165, 1.54) is 51.7 Å². The SMILES string of the molecule is COc1ccc(OC)c(N(CC(=O)O)S(=O)(=O)c2ccc(OC)c(Cl)c2)c1. The van der Waals surface area contributed by atoms with Gasteiger partial charge in [-0.3, -0.25) is 9.10 Å². The van der Waals surface area contributed by atoms with E-state index in [1.54, 1.807) is 6.07 Å². The van der Waals surface area contributed by atoms with Gasteiger partial charge in [-0.15, -0.1) is 0 Å². The number of methoxy groups -OCH3 is 3. The average molecular weight is 416 g/mol. The molecule has 0 radical (unpaired) electrons. The lowest BCUT2D eigenvalue weighted by molar-refractivity contribution is -0.135. The van der Waals surface area contributed by atoms with Gasteiger partial charge in [-0.25, -0.2) is 8.42 Å². The van der Waals surface area contributed by atoms with Crippen LogP contribution in [0.4, 0.5) is 5.69 Å². The summed E-state index contributed by atoms with van der Waals surface area (Å²) in [5.74, 6) is -0.549. The predicted molar refractivity (Wildman–Crippen MR) is 99.7 cm³/mol. The van der Waals surface area contributed by atoms with Crippen LogP contribution < -0.4 is 18.5 Å². The molecule has 0 saturated heterocycles. The quantitative estimate of drug-likeness (QED) is 0.706. The number of rotatable bonds is 8. The van der Waals surface area contributed by atoms with Crippen LogP contribution in [0, 0.1) is 0 Å². The molecule has 146 valence electrons. The van der Waals surface area contributed by atoms with Crippen molar-refractivity contribution in [1.82, 2.24) is 0 Å². The van der Waals surface area contributed by atoms with Gasteiger partial charge < -0.3 is 19.3 Å². The summed E-state index contributed by atoms with van der Waals surface area (Å²) in [5.41, 5.74) is 0.0196. The third-order valence-corrected chi connectivity index (χ3v) is 5.70. The maximum Gasteiger partial charge on any atom is 0.324 e. The van der Waals surface area contributed by atoms with E-state index >= 15 is 0 Å². The molecule has 2 aromatic carbocycles. The summed E-state index contributed by atoms with van der Waals surface area (Å²) in [6.07, 6.45) is 0. The van der Waals surface area contributed by atoms with Crippen LogP contribution >= 0.6 is 11.6 Å². The minimum Gasteiger partial charge on any atom is -0.497 e. The molecule has 0 amide bonds. The molecule has 10 heteroatoms. The lowest BCUT2D eigenvalue weighted by Crippen LogP contribution is -2.36. The summed E-state index contributed by atoms with van der Waals surface area (Å²) >= 11 is 6.03. The minimum absolute atomic E-state index is 0.0196. The number of halogens is 1. The summed E-state index contributed by atoms with van der Waals surface area (Å²) in [6, 6.07) is 8.29. The summed E-state index contributed by atoms with van der Waals surface area (Å²) < 4.78 is 42.4. The van der Waals surface area contributed by atoms with Crippen molar-refractivity contribution < 1.29 is 32.5 Å². The van der Waals surface area contributed by atoms with Crippen molar-refractivity contribution in [1.29, 1.82) is 0 Å². The van der Waals surface area contributed by atoms with Crippen molar-refractivity contribution >= 4 is 33.3 Å². The second-order valence-electron chi connectivity index (χ2n) is 5.24. The van der Waals surface area contributed by atoms with Crippen molar-refractivity contribution in [2.45, 2.75) is 4.90 Å². The summed E-state index contributed by atoms with van der Waals surface area (Å²) in [7, 11) is -0.125. The van der Waals surface area contributed by atoms with Gasteiger partial charge in [0.2, 0.25) is 0 Å². The van der Waals surface area contributed by atoms with Gasteiger partial charge in [0.15, 0.2) is 0 Å². The fraction of sp³-hybridized carbons (Fsp3) is 0.235. The number of carbonyl (C=O) groups is 1. The molecule has 1 N–H and O–H groups in total. The van der Waals surface area contributed by atoms with Crippen LogP contribution in [-0.4, -0.2) is 47.4 Å². The van der Waals surface area contributed by atoms with Crippen LogP contribution in [0.1, 0.15) is 0 Å². The fourth-order valence-corrected chi connectivity index (χ4v) is 4.11. The average Bonchev–Trinajstić information content (AvgIpc) is 2.65. The summed E-state index contributed by atoms with van der Waals surface area (Å²) in [6.45, 7) is -0.824. The first-order chi connectivity index (χ1) is 12.7. The molecule has 0 fully saturated rings. The van der Waals surface area contributed by atoms with Crippen LogP contribution in [0.3, 0.4) is 0 Å². The van der Waals surface area contributed by atoms with E-state index in [-0.39, 0.29) is 21.4 Å². The van der Waals surface area contributed by atoms with Gasteiger partial charge in [0.25, 0.3) is 10.0 Å². The molecule has 0 bridgehead atoms. The monoisotopic (exact) mass is 415 g/mol. The van der Waals surface area contributed by atoms with Crippen molar-refractivity contribution in [2.75, 3.05) is 32.2 Å². The molecule has 0 heterocycles. The second kappa shape index (κ2) is 8.36. The molecular weight excluding hydrogens is 398 g/mol. The third kappa shape index (κ3) is 4.37. The normalized spacial score (nSPS) is 11.0. The van der Waals surface area contributed by atoms with E-state index in [4.69, 9.17) is 25.8 Å². The Labute approximate surface area is 161 Å². The highest BCUT2D eigenvalue weighted by Gasteiger charge is 2.30. The van der Waals surface area contributed by atoms with Crippen LogP contribution in [0.25, 0.3) is 0 Å². The third-order valence-electron chi connectivity index (χ3n) is 3.64. The van der Waals surface area contributed by atoms with E-state index in [0.29, 0.717) is 11.5 Å². The molecule has 2 rings (SSSR count). The minimum atomic E-state index is -4.28. The summed E-state index contributed by atoms with van der Waals surface area (Å²) in [4.78, 5) is 11.2. The number of hydrogen-bond acceptors (Lipinski definition) is 6. The molecule has 0 spiro atoms. The van der Waals surface area contributed by atoms with Crippen LogP contribution in [0.5, 0.6) is 17.2 Å². The Hall–Kier alpha value is -2.65. The van der Waals surface area contributed by atoms with E-state index < -0.39 is 22.5 Å². The van der Waals surface area contributed by atoms with E-state index in [2.05, 4.69) is 0 Å². The molecule has 27 heavy (non-hydrogen) atoms. The van der Waals surface area contributed by atoms with Crippen molar-refractivity contribution in [3.8, 4) is 17.2 Å². The summed E-state index contributed by atoms with van der Waals surface area (Å²) in [5, 5.41) is 9.33. The van der Waals surface area contributed by atoms with Crippen LogP contribution in [0.2, 0.25) is 5.02 Å². The van der Waals surface area contributed by atoms with Crippen molar-refractivity contribution in [3.63, 3.8) is 0 Å². The molecule has 0 unspecified atom stereocenters. The number of aliphatic carboxylic acids is 1. The molecule has 0 aliphatic heterocycles. The number of hydrogen-bond donors (Lipinski definition) is 1. The highest BCUT2D eigenvalue weighted by atomic mass is 35.5. The van der Waals surface area contributed by atoms with Gasteiger partial charge in [0.05, 0.1) is 36.9 Å². The van der Waals surface area contributed by atoms with E-state index in [0.717, 1.165) is 4.31 Å². The Balaban J connectivity index is 2.66. The highest BCUT2D eigenvalue weighted by molar-refractivity contribution is 7.92. The largest absolute Gasteiger partial charge is 0.497 e. The van der Waals surface area contributed by atoms with Gasteiger partial charge >= 0.3 is 5.97 Å². The van der Waals surface area contributed by atoms with Crippen LogP contribution in [-0.2, 0) is 14.8 Å². The topological polar surface area (TPSA) is 102 Å². The highest BCUT2D eigenvalue weighted by Crippen LogP contribution is 2.36. The first-order valence-corrected chi connectivity index (χ1v) is 9.36. The smallest absolute Gasteiger partial charge is 0.324 e. The predicted octanol–water partition coefficient (Wildman–Crippen LogP) is 2.65. The standard InChI is InChI=1S/C17H18ClNO7S/c1-24-11-4-6-16(26-3)14(8-11)19(10-17(20)21)27(22,23)12-5-7-15(25-2)13(18)9-12/h4-9H,10H2,1-3H3,(H,20,21). The van der Waals surface area contributed by atoms with E-state index in [9.17, 15) is 18.3 Å². The van der Waals surface area contributed by atoms with Gasteiger partial charge in [-0.2, -0.15) is 0 Å². The molecule has 0 atom stereocenters. The Bertz CT molecular complexity index is 946. The maximum atomic E-state index is 13.2. The zero-order valence-corrected chi connectivity index (χ0v) is 16.4. The molecule has 8 nitrogen and oxygen atoms in total. The van der Waals surface area contributed by atoms with Crippen molar-refractivity contribution in [2.24, 2.45) is 0 Å². The Morgan fingerprint density at radius 2 is 1.67 bits per heavy atom. The zero-order chi connectivity index (χ0) is 20.2. The van der Waals surface area contributed by atoms with Gasteiger partial charge in [0, 0.05) is 6.07 Å².